The van der Waals surface area contributed by atoms with Gasteiger partial charge in [0.1, 0.15) is 24.4 Å². The summed E-state index contributed by atoms with van der Waals surface area (Å²) in [6.07, 6.45) is 8.39. The summed E-state index contributed by atoms with van der Waals surface area (Å²) < 4.78 is 35.9. The van der Waals surface area contributed by atoms with Crippen LogP contribution < -0.4 is 0 Å². The zero-order chi connectivity index (χ0) is 30.1. The molecular weight excluding hydrogens is 540 g/mol. The van der Waals surface area contributed by atoms with Gasteiger partial charge >= 0.3 is 5.97 Å². The Balaban J connectivity index is 1.34. The normalized spacial score (nSPS) is 46.1. The van der Waals surface area contributed by atoms with Crippen molar-refractivity contribution < 1.29 is 43.1 Å². The van der Waals surface area contributed by atoms with E-state index in [9.17, 15) is 14.7 Å². The van der Waals surface area contributed by atoms with Crippen LogP contribution >= 0.6 is 0 Å². The minimum absolute atomic E-state index is 0.0381. The Morgan fingerprint density at radius 3 is 2.38 bits per heavy atom. The molecule has 5 unspecified atom stereocenters. The molecule has 2 saturated heterocycles. The number of rotatable bonds is 6. The first-order chi connectivity index (χ1) is 20.2. The molecule has 0 aromatic heterocycles. The van der Waals surface area contributed by atoms with Gasteiger partial charge in [0.2, 0.25) is 0 Å². The van der Waals surface area contributed by atoms with Crippen molar-refractivity contribution in [1.29, 1.82) is 0 Å². The topological polar surface area (TPSA) is 110 Å². The van der Waals surface area contributed by atoms with Crippen LogP contribution in [0.2, 0.25) is 0 Å². The molecule has 1 N–H and O–H groups in total. The predicted octanol–water partition coefficient (Wildman–Crippen LogP) is 4.01. The quantitative estimate of drug-likeness (QED) is 0.363. The number of Topliss-reactive ketones (excluding diaryl/α,β-unsaturated/α-hetero) is 1. The molecule has 0 radical (unpaired) electrons. The van der Waals surface area contributed by atoms with E-state index in [0.717, 1.165) is 25.7 Å². The van der Waals surface area contributed by atoms with Gasteiger partial charge in [-0.25, -0.2) is 0 Å². The minimum Gasteiger partial charge on any atom is -0.462 e. The third-order valence-corrected chi connectivity index (χ3v) is 10.7. The molecule has 42 heavy (non-hydrogen) atoms. The van der Waals surface area contributed by atoms with Crippen LogP contribution in [0.15, 0.2) is 23.8 Å². The van der Waals surface area contributed by atoms with Gasteiger partial charge in [-0.15, -0.1) is 0 Å². The summed E-state index contributed by atoms with van der Waals surface area (Å²) in [4.78, 5) is 26.9. The lowest BCUT2D eigenvalue weighted by atomic mass is 9.70. The summed E-state index contributed by atoms with van der Waals surface area (Å²) in [7, 11) is 4.93. The lowest BCUT2D eigenvalue weighted by molar-refractivity contribution is -0.314. The van der Waals surface area contributed by atoms with Gasteiger partial charge < -0.3 is 33.5 Å². The molecule has 236 valence electrons. The molecule has 0 aromatic rings. The molecule has 14 atom stereocenters. The standard InChI is InChI=1S/C33H50O9/c1-7-20-9-8-10-27(34)17(2)29(36)26-15-24-22(25(26)16-28(35)41-20)12-11-19-13-21(14-23(19)24)42-33-32(39-6)31(38-5)30(37-4)18(3)40-33/h11-12,15,17-25,27,30-34H,7-10,13-14,16H2,1-6H3/t17-,18?,19-,20+,21-,22-,23-,24-,25+,27+,30?,31?,32?,33?/m1/s1. The molecule has 0 amide bonds. The second kappa shape index (κ2) is 13.6. The highest BCUT2D eigenvalue weighted by atomic mass is 16.7. The number of fused-ring (bicyclic) bond motifs is 5. The summed E-state index contributed by atoms with van der Waals surface area (Å²) in [6, 6.07) is 0. The van der Waals surface area contributed by atoms with Crippen molar-refractivity contribution in [2.75, 3.05) is 21.3 Å². The van der Waals surface area contributed by atoms with Gasteiger partial charge in [-0.2, -0.15) is 0 Å². The highest BCUT2D eigenvalue weighted by molar-refractivity contribution is 5.99. The Morgan fingerprint density at radius 1 is 0.952 bits per heavy atom. The van der Waals surface area contributed by atoms with Crippen LogP contribution in [-0.2, 0) is 38.0 Å². The first-order valence-electron chi connectivity index (χ1n) is 15.9. The van der Waals surface area contributed by atoms with E-state index < -0.39 is 24.4 Å². The molecule has 0 bridgehead atoms. The first-order valence-corrected chi connectivity index (χ1v) is 15.9. The molecule has 0 aromatic carbocycles. The SMILES string of the molecule is CC[C@H]1CCC[C@H](O)[C@@H](C)C(=O)C2=C[C@@H]3[C@@H](C=C[C@@H]4C[C@@H](OC5OC(C)C(OC)C(OC)C5OC)C[C@@H]34)[C@@H]2CC(=O)O1. The molecule has 3 fully saturated rings. The number of ketones is 1. The Bertz CT molecular complexity index is 1020. The maximum absolute atomic E-state index is 13.8. The molecule has 3 aliphatic carbocycles. The van der Waals surface area contributed by atoms with E-state index in [1.165, 1.54) is 0 Å². The third-order valence-electron chi connectivity index (χ3n) is 10.7. The maximum Gasteiger partial charge on any atom is 0.306 e. The van der Waals surface area contributed by atoms with Gasteiger partial charge in [-0.3, -0.25) is 9.59 Å². The van der Waals surface area contributed by atoms with Crippen molar-refractivity contribution in [3.63, 3.8) is 0 Å². The maximum atomic E-state index is 13.8. The molecule has 9 nitrogen and oxygen atoms in total. The van der Waals surface area contributed by atoms with E-state index in [1.807, 2.05) is 20.8 Å². The number of aliphatic hydroxyl groups is 1. The molecule has 5 aliphatic rings. The molecule has 1 saturated carbocycles. The van der Waals surface area contributed by atoms with Crippen molar-refractivity contribution in [1.82, 2.24) is 0 Å². The van der Waals surface area contributed by atoms with Crippen LogP contribution in [0.25, 0.3) is 0 Å². The number of ether oxygens (including phenoxy) is 6. The Labute approximate surface area is 250 Å². The highest BCUT2D eigenvalue weighted by Crippen LogP contribution is 2.54. The van der Waals surface area contributed by atoms with Gasteiger partial charge in [0.25, 0.3) is 0 Å². The predicted molar refractivity (Wildman–Crippen MR) is 154 cm³/mol. The monoisotopic (exact) mass is 590 g/mol. The summed E-state index contributed by atoms with van der Waals surface area (Å²) in [5.41, 5.74) is 0.689. The fraction of sp³-hybridized carbons (Fsp3) is 0.818. The number of hydrogen-bond donors (Lipinski definition) is 1. The Kier molecular flexibility index (Phi) is 10.3. The van der Waals surface area contributed by atoms with E-state index in [0.29, 0.717) is 24.3 Å². The van der Waals surface area contributed by atoms with Gasteiger partial charge in [0.15, 0.2) is 12.1 Å². The molecule has 2 aliphatic heterocycles. The van der Waals surface area contributed by atoms with Crippen molar-refractivity contribution in [3.8, 4) is 0 Å². The average Bonchev–Trinajstić information content (AvgIpc) is 3.55. The van der Waals surface area contributed by atoms with E-state index in [2.05, 4.69) is 18.2 Å². The van der Waals surface area contributed by atoms with Crippen LogP contribution in [0, 0.1) is 35.5 Å². The summed E-state index contributed by atoms with van der Waals surface area (Å²) in [5, 5.41) is 10.9. The van der Waals surface area contributed by atoms with Crippen molar-refractivity contribution >= 4 is 11.8 Å². The lowest BCUT2D eigenvalue weighted by Gasteiger charge is -2.44. The smallest absolute Gasteiger partial charge is 0.306 e. The van der Waals surface area contributed by atoms with Gasteiger partial charge in [0.05, 0.1) is 24.7 Å². The summed E-state index contributed by atoms with van der Waals surface area (Å²) in [5.74, 6) is -0.278. The second-order valence-corrected chi connectivity index (χ2v) is 13.0. The van der Waals surface area contributed by atoms with Gasteiger partial charge in [-0.05, 0) is 74.7 Å². The number of carbonyl (C=O) groups is 2. The van der Waals surface area contributed by atoms with E-state index in [-0.39, 0.29) is 72.4 Å². The van der Waals surface area contributed by atoms with Gasteiger partial charge in [-0.1, -0.05) is 32.1 Å². The minimum atomic E-state index is -0.706. The number of cyclic esters (lactones) is 1. The fourth-order valence-electron chi connectivity index (χ4n) is 8.31. The third kappa shape index (κ3) is 6.15. The largest absolute Gasteiger partial charge is 0.462 e. The van der Waals surface area contributed by atoms with Gasteiger partial charge in [0, 0.05) is 33.2 Å². The van der Waals surface area contributed by atoms with Crippen LogP contribution in [0.5, 0.6) is 0 Å². The van der Waals surface area contributed by atoms with Crippen LogP contribution in [0.1, 0.15) is 65.7 Å². The summed E-state index contributed by atoms with van der Waals surface area (Å²) in [6.45, 7) is 5.80. The number of methoxy groups -OCH3 is 3. The number of esters is 1. The number of carbonyl (C=O) groups excluding carboxylic acids is 2. The molecule has 2 heterocycles. The van der Waals surface area contributed by atoms with Crippen LogP contribution in [0.4, 0.5) is 0 Å². The number of aliphatic hydroxyl groups excluding tert-OH is 1. The van der Waals surface area contributed by atoms with Crippen LogP contribution in [-0.4, -0.2) is 87.2 Å². The molecule has 9 heteroatoms. The lowest BCUT2D eigenvalue weighted by Crippen LogP contribution is -2.59. The number of allylic oxidation sites excluding steroid dienone is 4. The number of hydrogen-bond acceptors (Lipinski definition) is 9. The highest BCUT2D eigenvalue weighted by Gasteiger charge is 2.52. The zero-order valence-electron chi connectivity index (χ0n) is 26.0. The van der Waals surface area contributed by atoms with E-state index in [1.54, 1.807) is 21.3 Å². The Hall–Kier alpha value is -1.62. The van der Waals surface area contributed by atoms with Crippen molar-refractivity contribution in [2.24, 2.45) is 35.5 Å². The summed E-state index contributed by atoms with van der Waals surface area (Å²) >= 11 is 0. The average molecular weight is 591 g/mol. The zero-order valence-corrected chi connectivity index (χ0v) is 26.0. The fourth-order valence-corrected chi connectivity index (χ4v) is 8.31. The van der Waals surface area contributed by atoms with Crippen molar-refractivity contribution in [3.05, 3.63) is 23.8 Å². The van der Waals surface area contributed by atoms with Crippen LogP contribution in [0.3, 0.4) is 0 Å². The molecule has 0 spiro atoms. The van der Waals surface area contributed by atoms with Crippen molar-refractivity contribution in [2.45, 2.75) is 115 Å². The van der Waals surface area contributed by atoms with E-state index in [4.69, 9.17) is 28.4 Å². The first kappa shape index (κ1) is 31.8. The second-order valence-electron chi connectivity index (χ2n) is 13.0. The Morgan fingerprint density at radius 2 is 1.69 bits per heavy atom. The van der Waals surface area contributed by atoms with E-state index >= 15 is 0 Å². The molecule has 5 rings (SSSR count). The molecular formula is C33H50O9.